The molecule has 0 heterocycles. The van der Waals surface area contributed by atoms with Gasteiger partial charge in [0.25, 0.3) is 0 Å². The van der Waals surface area contributed by atoms with E-state index in [1.807, 2.05) is 42.5 Å². The van der Waals surface area contributed by atoms with Crippen molar-refractivity contribution < 1.29 is 9.53 Å². The van der Waals surface area contributed by atoms with Crippen molar-refractivity contribution in [2.24, 2.45) is 5.92 Å². The van der Waals surface area contributed by atoms with Crippen LogP contribution in [0.1, 0.15) is 37.3 Å². The van der Waals surface area contributed by atoms with E-state index in [-0.39, 0.29) is 12.0 Å². The molecule has 0 saturated heterocycles. The van der Waals surface area contributed by atoms with Gasteiger partial charge in [0.2, 0.25) is 0 Å². The summed E-state index contributed by atoms with van der Waals surface area (Å²) in [6, 6.07) is 18.2. The van der Waals surface area contributed by atoms with Gasteiger partial charge in [0.15, 0.2) is 0 Å². The average Bonchev–Trinajstić information content (AvgIpc) is 2.61. The minimum atomic E-state index is 0.0103. The molecule has 0 unspecified atom stereocenters. The molecule has 0 amide bonds. The predicted molar refractivity (Wildman–Crippen MR) is 92.8 cm³/mol. The number of hydrogen-bond acceptors (Lipinski definition) is 3. The molecular formula is C20H23NO2. The number of nitrogens with one attached hydrogen (secondary N) is 1. The van der Waals surface area contributed by atoms with E-state index in [1.165, 1.54) is 0 Å². The third-order valence-electron chi connectivity index (χ3n) is 4.58. The zero-order chi connectivity index (χ0) is 16.1. The van der Waals surface area contributed by atoms with Crippen molar-refractivity contribution in [3.05, 3.63) is 60.2 Å². The van der Waals surface area contributed by atoms with Gasteiger partial charge in [0.05, 0.1) is 13.2 Å². The van der Waals surface area contributed by atoms with Crippen molar-refractivity contribution in [1.29, 1.82) is 0 Å². The molecule has 0 bridgehead atoms. The van der Waals surface area contributed by atoms with E-state index in [2.05, 4.69) is 17.4 Å². The number of ether oxygens (including phenoxy) is 1. The van der Waals surface area contributed by atoms with Crippen molar-refractivity contribution in [3.8, 4) is 5.75 Å². The van der Waals surface area contributed by atoms with Crippen molar-refractivity contribution in [3.63, 3.8) is 0 Å². The zero-order valence-electron chi connectivity index (χ0n) is 13.5. The second-order valence-electron chi connectivity index (χ2n) is 6.08. The molecule has 120 valence electrons. The molecule has 1 aliphatic carbocycles. The van der Waals surface area contributed by atoms with Crippen LogP contribution in [0, 0.1) is 5.92 Å². The largest absolute Gasteiger partial charge is 0.497 e. The molecule has 0 radical (unpaired) electrons. The number of Topliss-reactive ketones (excluding diaryl/α,β-unsaturated/α-hetero) is 1. The number of para-hydroxylation sites is 1. The minimum Gasteiger partial charge on any atom is -0.497 e. The van der Waals surface area contributed by atoms with Gasteiger partial charge < -0.3 is 10.1 Å². The molecule has 0 spiro atoms. The lowest BCUT2D eigenvalue weighted by molar-refractivity contribution is -0.125. The van der Waals surface area contributed by atoms with Gasteiger partial charge in [-0.15, -0.1) is 0 Å². The molecule has 1 aliphatic rings. The third-order valence-corrected chi connectivity index (χ3v) is 4.58. The van der Waals surface area contributed by atoms with Gasteiger partial charge in [-0.1, -0.05) is 36.8 Å². The monoisotopic (exact) mass is 309 g/mol. The van der Waals surface area contributed by atoms with E-state index in [0.29, 0.717) is 12.2 Å². The van der Waals surface area contributed by atoms with Gasteiger partial charge in [-0.2, -0.15) is 0 Å². The molecule has 1 N–H and O–H groups in total. The van der Waals surface area contributed by atoms with E-state index in [0.717, 1.165) is 36.3 Å². The van der Waals surface area contributed by atoms with Crippen molar-refractivity contribution in [2.45, 2.75) is 31.7 Å². The first kappa shape index (κ1) is 15.6. The summed E-state index contributed by atoms with van der Waals surface area (Å²) in [6.45, 7) is 0. The SMILES string of the molecule is COc1ccc([C@@H](Nc2ccccc2)[C@H]2CCCCC2=O)cc1. The molecule has 3 rings (SSSR count). The Balaban J connectivity index is 1.89. The summed E-state index contributed by atoms with van der Waals surface area (Å²) in [6.07, 6.45) is 3.80. The summed E-state index contributed by atoms with van der Waals surface area (Å²) < 4.78 is 5.25. The van der Waals surface area contributed by atoms with Crippen LogP contribution in [-0.4, -0.2) is 12.9 Å². The molecule has 0 aliphatic heterocycles. The first-order valence-electron chi connectivity index (χ1n) is 8.26. The third kappa shape index (κ3) is 3.73. The van der Waals surface area contributed by atoms with Crippen LogP contribution in [-0.2, 0) is 4.79 Å². The van der Waals surface area contributed by atoms with E-state index >= 15 is 0 Å². The van der Waals surface area contributed by atoms with Crippen LogP contribution in [0.5, 0.6) is 5.75 Å². The standard InChI is InChI=1S/C20H23NO2/c1-23-17-13-11-15(12-14-17)20(18-9-5-6-10-19(18)22)21-16-7-3-2-4-8-16/h2-4,7-8,11-14,18,20-21H,5-6,9-10H2,1H3/t18-,20+/m0/s1. The molecule has 2 aromatic carbocycles. The lowest BCUT2D eigenvalue weighted by atomic mass is 9.80. The molecule has 1 fully saturated rings. The summed E-state index contributed by atoms with van der Waals surface area (Å²) >= 11 is 0. The fraction of sp³-hybridized carbons (Fsp3) is 0.350. The molecule has 3 nitrogen and oxygen atoms in total. The Bertz CT molecular complexity index is 636. The molecule has 3 heteroatoms. The summed E-state index contributed by atoms with van der Waals surface area (Å²) in [5.74, 6) is 1.25. The topological polar surface area (TPSA) is 38.3 Å². The van der Waals surface area contributed by atoms with E-state index < -0.39 is 0 Å². The Morgan fingerprint density at radius 2 is 1.78 bits per heavy atom. The van der Waals surface area contributed by atoms with Crippen LogP contribution in [0.15, 0.2) is 54.6 Å². The smallest absolute Gasteiger partial charge is 0.138 e. The highest BCUT2D eigenvalue weighted by Gasteiger charge is 2.31. The van der Waals surface area contributed by atoms with Gasteiger partial charge in [0.1, 0.15) is 11.5 Å². The van der Waals surface area contributed by atoms with Crippen LogP contribution < -0.4 is 10.1 Å². The number of methoxy groups -OCH3 is 1. The van der Waals surface area contributed by atoms with Crippen molar-refractivity contribution in [1.82, 2.24) is 0 Å². The lowest BCUT2D eigenvalue weighted by Crippen LogP contribution is -2.30. The maximum atomic E-state index is 12.5. The Labute approximate surface area is 137 Å². The molecule has 0 aromatic heterocycles. The van der Waals surface area contributed by atoms with Crippen molar-refractivity contribution in [2.75, 3.05) is 12.4 Å². The highest BCUT2D eigenvalue weighted by atomic mass is 16.5. The summed E-state index contributed by atoms with van der Waals surface area (Å²) in [4.78, 5) is 12.5. The molecule has 1 saturated carbocycles. The van der Waals surface area contributed by atoms with Crippen LogP contribution in [0.25, 0.3) is 0 Å². The second kappa shape index (κ2) is 7.32. The minimum absolute atomic E-state index is 0.0103. The summed E-state index contributed by atoms with van der Waals surface area (Å²) in [5.41, 5.74) is 2.18. The number of hydrogen-bond donors (Lipinski definition) is 1. The second-order valence-corrected chi connectivity index (χ2v) is 6.08. The number of ketones is 1. The number of rotatable bonds is 5. The fourth-order valence-electron chi connectivity index (χ4n) is 3.30. The fourth-order valence-corrected chi connectivity index (χ4v) is 3.30. The van der Waals surface area contributed by atoms with Crippen molar-refractivity contribution >= 4 is 11.5 Å². The van der Waals surface area contributed by atoms with Gasteiger partial charge in [-0.25, -0.2) is 0 Å². The summed E-state index contributed by atoms with van der Waals surface area (Å²) in [5, 5.41) is 3.57. The van der Waals surface area contributed by atoms with Crippen LogP contribution in [0.2, 0.25) is 0 Å². The van der Waals surface area contributed by atoms with Crippen LogP contribution in [0.3, 0.4) is 0 Å². The number of carbonyl (C=O) groups excluding carboxylic acids is 1. The zero-order valence-corrected chi connectivity index (χ0v) is 13.5. The quantitative estimate of drug-likeness (QED) is 0.876. The van der Waals surface area contributed by atoms with E-state index in [9.17, 15) is 4.79 Å². The summed E-state index contributed by atoms with van der Waals surface area (Å²) in [7, 11) is 1.67. The molecular weight excluding hydrogens is 286 g/mol. The maximum absolute atomic E-state index is 12.5. The number of benzene rings is 2. The lowest BCUT2D eigenvalue weighted by Gasteiger charge is -2.31. The Morgan fingerprint density at radius 3 is 2.43 bits per heavy atom. The molecule has 2 atom stereocenters. The average molecular weight is 309 g/mol. The normalized spacial score (nSPS) is 19.2. The predicted octanol–water partition coefficient (Wildman–Crippen LogP) is 4.61. The van der Waals surface area contributed by atoms with Crippen LogP contribution >= 0.6 is 0 Å². The van der Waals surface area contributed by atoms with E-state index in [1.54, 1.807) is 7.11 Å². The first-order valence-corrected chi connectivity index (χ1v) is 8.26. The molecule has 2 aromatic rings. The van der Waals surface area contributed by atoms with Gasteiger partial charge in [-0.3, -0.25) is 4.79 Å². The Hall–Kier alpha value is -2.29. The number of carbonyl (C=O) groups is 1. The highest BCUT2D eigenvalue weighted by Crippen LogP contribution is 2.35. The van der Waals surface area contributed by atoms with Crippen LogP contribution in [0.4, 0.5) is 5.69 Å². The Morgan fingerprint density at radius 1 is 1.04 bits per heavy atom. The highest BCUT2D eigenvalue weighted by molar-refractivity contribution is 5.83. The van der Waals surface area contributed by atoms with Gasteiger partial charge >= 0.3 is 0 Å². The van der Waals surface area contributed by atoms with Gasteiger partial charge in [0, 0.05) is 18.0 Å². The first-order chi connectivity index (χ1) is 11.3. The Kier molecular flexibility index (Phi) is 4.96. The van der Waals surface area contributed by atoms with Gasteiger partial charge in [-0.05, 0) is 42.7 Å². The maximum Gasteiger partial charge on any atom is 0.138 e. The molecule has 23 heavy (non-hydrogen) atoms. The van der Waals surface area contributed by atoms with E-state index in [4.69, 9.17) is 4.74 Å². The number of anilines is 1.